The minimum atomic E-state index is -1.22. The number of cyclic esters (lactones) is 1. The number of nitrogens with two attached hydrogens (primary N) is 1. The van der Waals surface area contributed by atoms with Crippen molar-refractivity contribution in [3.63, 3.8) is 0 Å². The summed E-state index contributed by atoms with van der Waals surface area (Å²) in [4.78, 5) is 50.2. The van der Waals surface area contributed by atoms with E-state index >= 15 is 0 Å². The normalized spacial score (nSPS) is 34.6. The van der Waals surface area contributed by atoms with Gasteiger partial charge in [0.15, 0.2) is 17.7 Å². The van der Waals surface area contributed by atoms with Crippen LogP contribution in [0.3, 0.4) is 0 Å². The number of aromatic nitrogens is 4. The Hall–Kier alpha value is -3.46. The Morgan fingerprint density at radius 2 is 1.76 bits per heavy atom. The van der Waals surface area contributed by atoms with E-state index in [1.165, 1.54) is 13.2 Å². The van der Waals surface area contributed by atoms with Crippen LogP contribution in [0.5, 0.6) is 0 Å². The van der Waals surface area contributed by atoms with E-state index in [2.05, 4.69) is 27.5 Å². The fraction of sp³-hybridized carbons (Fsp3) is 0.773. The molecule has 2 aromatic heterocycles. The van der Waals surface area contributed by atoms with Crippen molar-refractivity contribution in [2.24, 2.45) is 17.8 Å². The molecule has 1 amide bonds. The highest BCUT2D eigenvalue weighted by atomic mass is 32.2. The maximum atomic E-state index is 14.4. The van der Waals surface area contributed by atoms with Gasteiger partial charge in [0.1, 0.15) is 29.6 Å². The summed E-state index contributed by atoms with van der Waals surface area (Å²) in [5.74, 6) is -2.74. The molecule has 0 aromatic carbocycles. The Morgan fingerprint density at radius 1 is 1.08 bits per heavy atom. The number of aliphatic hydroxyl groups excluding tert-OH is 1. The first-order chi connectivity index (χ1) is 29.7. The molecule has 356 valence electrons. The number of methoxy groups -OCH3 is 1. The van der Waals surface area contributed by atoms with Gasteiger partial charge in [-0.15, -0.1) is 5.10 Å². The molecule has 0 spiro atoms. The van der Waals surface area contributed by atoms with Crippen molar-refractivity contribution in [1.29, 1.82) is 0 Å². The van der Waals surface area contributed by atoms with Crippen molar-refractivity contribution in [3.05, 3.63) is 24.4 Å². The van der Waals surface area contributed by atoms with Gasteiger partial charge in [-0.2, -0.15) is 3.89 Å². The molecule has 3 saturated heterocycles. The Labute approximate surface area is 377 Å². The average molecular weight is 909 g/mol. The SMILES string of the molecule is CC[C@H]1OC(=O)[C@H](C)C(=O)[C@H](C)[C@@H](O[C@@H]2OC(C)CC(N(C)C)C2O)[C@](C)(OC)C[C@@H](C)CN[C@H](C)[C@H]2N(CCCCCn3cc(-c4cccc(N)n4)nn3)C(=O)O[C@]12C.CSF. The van der Waals surface area contributed by atoms with Gasteiger partial charge in [0.25, 0.3) is 0 Å². The van der Waals surface area contributed by atoms with E-state index in [-0.39, 0.29) is 36.3 Å². The van der Waals surface area contributed by atoms with Gasteiger partial charge in [-0.3, -0.25) is 19.2 Å². The van der Waals surface area contributed by atoms with Crippen molar-refractivity contribution >= 4 is 35.8 Å². The van der Waals surface area contributed by atoms with Gasteiger partial charge in [-0.1, -0.05) is 32.1 Å². The largest absolute Gasteiger partial charge is 0.458 e. The minimum absolute atomic E-state index is 0.0103. The molecule has 5 rings (SSSR count). The maximum absolute atomic E-state index is 14.4. The summed E-state index contributed by atoms with van der Waals surface area (Å²) in [6, 6.07) is 4.36. The van der Waals surface area contributed by atoms with Gasteiger partial charge in [0.2, 0.25) is 0 Å². The van der Waals surface area contributed by atoms with Crippen LogP contribution in [-0.2, 0) is 39.8 Å². The number of pyridine rings is 1. The molecule has 0 bridgehead atoms. The number of aliphatic hydroxyl groups is 1. The number of unbranched alkanes of at least 4 members (excludes halogenated alkanes) is 2. The molecule has 63 heavy (non-hydrogen) atoms. The summed E-state index contributed by atoms with van der Waals surface area (Å²) in [5.41, 5.74) is 4.87. The summed E-state index contributed by atoms with van der Waals surface area (Å²) in [6.07, 6.45) is 2.49. The Balaban J connectivity index is 0.00000282. The molecule has 0 aliphatic carbocycles. The Kier molecular flexibility index (Phi) is 19.2. The standard InChI is InChI=1S/C43H70N8O9.CH3FS/c1-12-33-43(8)37(51(41(55)60-43)20-15-13-14-19-50-24-31(47-48-50)30-17-16-18-34(44)46-30)29(6)45-23-25(2)22-42(7,56-11)38(27(4)35(52)28(5)39(54)58-33)59-40-36(53)32(49(9)10)21-26(3)57-40;1-3-2/h16-18,24-29,32-33,36-38,40,45,53H,12-15,19-23H2,1-11H3,(H2,44,46);1H3/t25-,26?,27+,28-,29-,32?,33-,36?,37-,38-,40+,42-,43-;/m1./s1. The van der Waals surface area contributed by atoms with Gasteiger partial charge in [0.05, 0.1) is 35.7 Å². The van der Waals surface area contributed by atoms with Crippen LogP contribution in [0, 0.1) is 17.8 Å². The summed E-state index contributed by atoms with van der Waals surface area (Å²) < 4.78 is 43.5. The molecule has 3 aliphatic rings. The molecule has 0 radical (unpaired) electrons. The number of esters is 1. The minimum Gasteiger partial charge on any atom is -0.458 e. The fourth-order valence-corrected chi connectivity index (χ4v) is 9.51. The molecule has 3 unspecified atom stereocenters. The van der Waals surface area contributed by atoms with Crippen molar-refractivity contribution in [3.8, 4) is 11.4 Å². The van der Waals surface area contributed by atoms with E-state index in [1.54, 1.807) is 29.7 Å². The third-order valence-corrected chi connectivity index (χ3v) is 12.9. The number of nitrogens with one attached hydrogen (secondary N) is 1. The highest BCUT2D eigenvalue weighted by Crippen LogP contribution is 2.40. The molecule has 3 aliphatic heterocycles. The van der Waals surface area contributed by atoms with Crippen LogP contribution in [0.25, 0.3) is 11.4 Å². The number of hydrogen-bond donors (Lipinski definition) is 3. The van der Waals surface area contributed by atoms with Gasteiger partial charge in [0, 0.05) is 56.6 Å². The summed E-state index contributed by atoms with van der Waals surface area (Å²) in [7, 11) is 5.39. The monoisotopic (exact) mass is 909 g/mol. The van der Waals surface area contributed by atoms with Crippen molar-refractivity contribution < 1.29 is 47.1 Å². The third-order valence-electron chi connectivity index (χ3n) is 12.9. The number of anilines is 1. The predicted molar refractivity (Wildman–Crippen MR) is 239 cm³/mol. The molecule has 5 heterocycles. The smallest absolute Gasteiger partial charge is 0.410 e. The maximum Gasteiger partial charge on any atom is 0.410 e. The molecule has 2 aromatic rings. The van der Waals surface area contributed by atoms with Crippen LogP contribution >= 0.6 is 12.1 Å². The molecular weight excluding hydrogens is 836 g/mol. The number of amides is 1. The summed E-state index contributed by atoms with van der Waals surface area (Å²) in [6.45, 7) is 16.5. The number of nitrogen functional groups attached to an aromatic ring is 1. The van der Waals surface area contributed by atoms with E-state index in [9.17, 15) is 23.4 Å². The fourth-order valence-electron chi connectivity index (χ4n) is 9.51. The highest BCUT2D eigenvalue weighted by Gasteiger charge is 2.58. The zero-order valence-corrected chi connectivity index (χ0v) is 40.1. The Morgan fingerprint density at radius 3 is 2.40 bits per heavy atom. The van der Waals surface area contributed by atoms with Gasteiger partial charge < -0.3 is 44.7 Å². The number of hydrogen-bond acceptors (Lipinski definition) is 16. The quantitative estimate of drug-likeness (QED) is 0.140. The van der Waals surface area contributed by atoms with Gasteiger partial charge >= 0.3 is 12.1 Å². The van der Waals surface area contributed by atoms with Crippen molar-refractivity contribution in [2.75, 3.05) is 46.3 Å². The number of carbonyl (C=O) groups is 3. The molecule has 19 heteroatoms. The number of aryl methyl sites for hydroxylation is 1. The number of carbonyl (C=O) groups excluding carboxylic acids is 3. The van der Waals surface area contributed by atoms with Crippen LogP contribution in [-0.4, -0.2) is 153 Å². The number of ketones is 1. The van der Waals surface area contributed by atoms with Crippen LogP contribution in [0.15, 0.2) is 24.4 Å². The number of nitrogens with zero attached hydrogens (tertiary/aromatic N) is 6. The Bertz CT molecular complexity index is 1800. The lowest BCUT2D eigenvalue weighted by Gasteiger charge is -2.46. The number of Topliss-reactive ketones (excluding diaryl/α,β-unsaturated/α-hetero) is 1. The number of fused-ring (bicyclic) bond motifs is 1. The lowest BCUT2D eigenvalue weighted by molar-refractivity contribution is -0.295. The molecule has 17 nitrogen and oxygen atoms in total. The molecule has 3 fully saturated rings. The first-order valence-electron chi connectivity index (χ1n) is 22.2. The van der Waals surface area contributed by atoms with E-state index in [1.807, 2.05) is 71.9 Å². The number of ether oxygens (including phenoxy) is 5. The zero-order chi connectivity index (χ0) is 46.8. The van der Waals surface area contributed by atoms with E-state index in [4.69, 9.17) is 29.4 Å². The van der Waals surface area contributed by atoms with E-state index in [0.717, 1.165) is 12.8 Å². The van der Waals surface area contributed by atoms with E-state index < -0.39 is 71.5 Å². The topological polar surface area (TPSA) is 206 Å². The first-order valence-corrected chi connectivity index (χ1v) is 23.3. The van der Waals surface area contributed by atoms with Crippen LogP contribution in [0.4, 0.5) is 14.5 Å². The summed E-state index contributed by atoms with van der Waals surface area (Å²) in [5, 5.41) is 23.6. The second kappa shape index (κ2) is 23.1. The number of halogens is 1. The average Bonchev–Trinajstić information content (AvgIpc) is 3.82. The number of rotatable bonds is 12. The van der Waals surface area contributed by atoms with Crippen LogP contribution < -0.4 is 11.1 Å². The molecule has 4 N–H and O–H groups in total. The number of likely N-dealkylation sites (N-methyl/N-ethyl adjacent to an activating group) is 1. The highest BCUT2D eigenvalue weighted by molar-refractivity contribution is 7.93. The predicted octanol–water partition coefficient (Wildman–Crippen LogP) is 5.30. The molecule has 0 saturated carbocycles. The van der Waals surface area contributed by atoms with Crippen LogP contribution in [0.2, 0.25) is 0 Å². The van der Waals surface area contributed by atoms with Crippen molar-refractivity contribution in [2.45, 2.75) is 160 Å². The molecule has 13 atom stereocenters. The second-order valence-corrected chi connectivity index (χ2v) is 18.4. The zero-order valence-electron chi connectivity index (χ0n) is 39.3. The lowest BCUT2D eigenvalue weighted by Crippen LogP contribution is -2.61. The van der Waals surface area contributed by atoms with Gasteiger partial charge in [-0.05, 0) is 112 Å². The third kappa shape index (κ3) is 12.7. The van der Waals surface area contributed by atoms with E-state index in [0.29, 0.717) is 62.5 Å². The second-order valence-electron chi connectivity index (χ2n) is 18.1. The van der Waals surface area contributed by atoms with Gasteiger partial charge in [-0.25, -0.2) is 9.78 Å². The summed E-state index contributed by atoms with van der Waals surface area (Å²) >= 11 is 0.250. The lowest BCUT2D eigenvalue weighted by atomic mass is 9.78. The van der Waals surface area contributed by atoms with Crippen LogP contribution in [0.1, 0.15) is 93.9 Å². The molecular formula is C44H73FN8O9S. The van der Waals surface area contributed by atoms with Crippen molar-refractivity contribution in [1.82, 2.24) is 35.1 Å². The first kappa shape index (κ1) is 52.2.